The molecule has 204 valence electrons. The van der Waals surface area contributed by atoms with E-state index in [2.05, 4.69) is 37.1 Å². The van der Waals surface area contributed by atoms with E-state index >= 15 is 0 Å². The zero-order chi connectivity index (χ0) is 27.6. The molecule has 2 atom stereocenters. The number of hydrogen-bond donors (Lipinski definition) is 2. The van der Waals surface area contributed by atoms with Crippen LogP contribution in [0.3, 0.4) is 0 Å². The zero-order valence-electron chi connectivity index (χ0n) is 21.8. The van der Waals surface area contributed by atoms with Crippen molar-refractivity contribution in [2.75, 3.05) is 0 Å². The normalized spacial score (nSPS) is 19.7. The molecule has 11 nitrogen and oxygen atoms in total. The highest BCUT2D eigenvalue weighted by molar-refractivity contribution is 7.90. The molecule has 3 heterocycles. The average molecular weight is 551 g/mol. The maximum absolute atomic E-state index is 13.6. The van der Waals surface area contributed by atoms with E-state index in [-0.39, 0.29) is 34.3 Å². The fourth-order valence-electron chi connectivity index (χ4n) is 5.19. The second kappa shape index (κ2) is 10.7. The highest BCUT2D eigenvalue weighted by Crippen LogP contribution is 2.42. The maximum Gasteiger partial charge on any atom is 0.296 e. The Morgan fingerprint density at radius 2 is 1.95 bits per heavy atom. The van der Waals surface area contributed by atoms with Crippen LogP contribution in [0.2, 0.25) is 0 Å². The number of benzene rings is 1. The van der Waals surface area contributed by atoms with E-state index in [1.165, 1.54) is 6.07 Å². The predicted molar refractivity (Wildman–Crippen MR) is 142 cm³/mol. The highest BCUT2D eigenvalue weighted by Gasteiger charge is 2.38. The number of pyridine rings is 1. The number of nitrogens with one attached hydrogen (secondary N) is 2. The van der Waals surface area contributed by atoms with Crippen LogP contribution < -0.4 is 10.0 Å². The molecule has 2 aromatic heterocycles. The minimum atomic E-state index is -3.77. The molecular formula is C27H30N6O5S. The number of sulfonamides is 1. The summed E-state index contributed by atoms with van der Waals surface area (Å²) in [6, 6.07) is 8.15. The number of carbonyl (C=O) groups is 2. The maximum atomic E-state index is 13.6. The summed E-state index contributed by atoms with van der Waals surface area (Å²) in [6.07, 6.45) is 7.87. The SMILES string of the molecule is CC[C@H](NC(=O)[C@H](CC1(C)CCCC1)N=C1NS(=O)(=O)c2ccccc21)C(=O)c1nc(-c2cccnc2)no1. The van der Waals surface area contributed by atoms with Crippen LogP contribution in [-0.2, 0) is 14.8 Å². The molecule has 0 radical (unpaired) electrons. The van der Waals surface area contributed by atoms with Crippen molar-refractivity contribution in [3.05, 3.63) is 60.2 Å². The molecule has 39 heavy (non-hydrogen) atoms. The fourth-order valence-corrected chi connectivity index (χ4v) is 6.43. The molecule has 1 aliphatic carbocycles. The first-order valence-electron chi connectivity index (χ1n) is 13.0. The third-order valence-corrected chi connectivity index (χ3v) is 8.74. The van der Waals surface area contributed by atoms with Crippen molar-refractivity contribution in [3.8, 4) is 11.4 Å². The number of carbonyl (C=O) groups excluding carboxylic acids is 2. The molecule has 1 aliphatic heterocycles. The van der Waals surface area contributed by atoms with Crippen LogP contribution in [0.5, 0.6) is 0 Å². The lowest BCUT2D eigenvalue weighted by Crippen LogP contribution is -2.46. The van der Waals surface area contributed by atoms with Gasteiger partial charge in [-0.25, -0.2) is 8.42 Å². The first-order chi connectivity index (χ1) is 18.7. The number of rotatable bonds is 9. The molecule has 0 saturated heterocycles. The van der Waals surface area contributed by atoms with Crippen molar-refractivity contribution in [1.29, 1.82) is 0 Å². The molecule has 1 saturated carbocycles. The molecule has 1 aromatic carbocycles. The minimum absolute atomic E-state index is 0.123. The Balaban J connectivity index is 1.40. The second-order valence-corrected chi connectivity index (χ2v) is 12.0. The summed E-state index contributed by atoms with van der Waals surface area (Å²) in [5, 5.41) is 6.68. The van der Waals surface area contributed by atoms with Crippen LogP contribution in [0.15, 0.2) is 63.2 Å². The van der Waals surface area contributed by atoms with Gasteiger partial charge in [-0.05, 0) is 55.4 Å². The van der Waals surface area contributed by atoms with E-state index < -0.39 is 33.8 Å². The van der Waals surface area contributed by atoms with Gasteiger partial charge in [0.1, 0.15) is 11.9 Å². The van der Waals surface area contributed by atoms with Crippen LogP contribution in [-0.4, -0.2) is 53.2 Å². The quantitative estimate of drug-likeness (QED) is 0.384. The molecular weight excluding hydrogens is 520 g/mol. The number of amides is 1. The lowest BCUT2D eigenvalue weighted by molar-refractivity contribution is -0.123. The van der Waals surface area contributed by atoms with Gasteiger partial charge in [0.2, 0.25) is 17.5 Å². The Bertz CT molecular complexity index is 1510. The van der Waals surface area contributed by atoms with Crippen LogP contribution in [0.1, 0.15) is 68.6 Å². The van der Waals surface area contributed by atoms with Crippen molar-refractivity contribution < 1.29 is 22.5 Å². The number of ketones is 1. The van der Waals surface area contributed by atoms with Gasteiger partial charge >= 0.3 is 0 Å². The minimum Gasteiger partial charge on any atom is -0.344 e. The van der Waals surface area contributed by atoms with Gasteiger partial charge in [0.05, 0.1) is 10.9 Å². The first-order valence-corrected chi connectivity index (χ1v) is 14.5. The molecule has 1 amide bonds. The Hall–Kier alpha value is -3.93. The lowest BCUT2D eigenvalue weighted by atomic mass is 9.82. The molecule has 2 N–H and O–H groups in total. The highest BCUT2D eigenvalue weighted by atomic mass is 32.2. The topological polar surface area (TPSA) is 157 Å². The standard InChI is InChI=1S/C27H30N6O5S/c1-3-19(22(34)26-31-23(32-38-26)17-9-8-14-28-16-17)30-25(35)20(15-27(2)12-6-7-13-27)29-24-18-10-4-5-11-21(18)39(36,37)33-24/h4-5,8-11,14,16,19-20H,3,6-7,12-13,15H2,1-2H3,(H,29,33)(H,30,35)/t19-,20-/m0/s1. The summed E-state index contributed by atoms with van der Waals surface area (Å²) >= 11 is 0. The van der Waals surface area contributed by atoms with Gasteiger partial charge in [0.15, 0.2) is 0 Å². The van der Waals surface area contributed by atoms with Crippen molar-refractivity contribution >= 4 is 27.5 Å². The van der Waals surface area contributed by atoms with Gasteiger partial charge in [-0.1, -0.05) is 44.0 Å². The smallest absolute Gasteiger partial charge is 0.296 e. The zero-order valence-corrected chi connectivity index (χ0v) is 22.6. The number of amidine groups is 1. The summed E-state index contributed by atoms with van der Waals surface area (Å²) in [5.74, 6) is -0.850. The van der Waals surface area contributed by atoms with Crippen LogP contribution in [0.25, 0.3) is 11.4 Å². The lowest BCUT2D eigenvalue weighted by Gasteiger charge is -2.28. The number of aromatic nitrogens is 3. The van der Waals surface area contributed by atoms with Crippen LogP contribution in [0, 0.1) is 5.41 Å². The van der Waals surface area contributed by atoms with Crippen LogP contribution in [0.4, 0.5) is 0 Å². The second-order valence-electron chi connectivity index (χ2n) is 10.3. The number of Topliss-reactive ketones (excluding diaryl/α,β-unsaturated/α-hetero) is 1. The summed E-state index contributed by atoms with van der Waals surface area (Å²) in [4.78, 5) is 39.8. The van der Waals surface area contributed by atoms with Gasteiger partial charge in [-0.3, -0.25) is 24.3 Å². The fraction of sp³-hybridized carbons (Fsp3) is 0.407. The van der Waals surface area contributed by atoms with Gasteiger partial charge < -0.3 is 9.84 Å². The molecule has 5 rings (SSSR count). The largest absolute Gasteiger partial charge is 0.344 e. The van der Waals surface area contributed by atoms with E-state index in [0.717, 1.165) is 25.7 Å². The average Bonchev–Trinajstić information content (AvgIpc) is 3.66. The summed E-state index contributed by atoms with van der Waals surface area (Å²) < 4.78 is 33.0. The number of aliphatic imine (C=N–C) groups is 1. The van der Waals surface area contributed by atoms with Crippen molar-refractivity contribution in [2.45, 2.75) is 69.4 Å². The Morgan fingerprint density at radius 1 is 1.18 bits per heavy atom. The van der Waals surface area contributed by atoms with E-state index in [1.54, 1.807) is 49.6 Å². The van der Waals surface area contributed by atoms with Gasteiger partial charge in [0.25, 0.3) is 15.9 Å². The number of hydrogen-bond acceptors (Lipinski definition) is 9. The molecule has 12 heteroatoms. The summed E-state index contributed by atoms with van der Waals surface area (Å²) in [5.41, 5.74) is 0.890. The number of nitrogens with zero attached hydrogens (tertiary/aromatic N) is 4. The molecule has 1 fully saturated rings. The molecule has 3 aromatic rings. The molecule has 0 bridgehead atoms. The third kappa shape index (κ3) is 5.60. The summed E-state index contributed by atoms with van der Waals surface area (Å²) in [6.45, 7) is 3.88. The molecule has 0 spiro atoms. The Kier molecular flexibility index (Phi) is 7.30. The Morgan fingerprint density at radius 3 is 2.67 bits per heavy atom. The molecule has 0 unspecified atom stereocenters. The number of fused-ring (bicyclic) bond motifs is 1. The van der Waals surface area contributed by atoms with E-state index in [4.69, 9.17) is 4.52 Å². The van der Waals surface area contributed by atoms with E-state index in [9.17, 15) is 18.0 Å². The third-order valence-electron chi connectivity index (χ3n) is 7.34. The molecule has 2 aliphatic rings. The monoisotopic (exact) mass is 550 g/mol. The van der Waals surface area contributed by atoms with E-state index in [1.807, 2.05) is 0 Å². The Labute approximate surface area is 226 Å². The van der Waals surface area contributed by atoms with Gasteiger partial charge in [0, 0.05) is 23.5 Å². The van der Waals surface area contributed by atoms with Gasteiger partial charge in [-0.2, -0.15) is 4.98 Å². The van der Waals surface area contributed by atoms with Crippen molar-refractivity contribution in [1.82, 2.24) is 25.2 Å². The summed E-state index contributed by atoms with van der Waals surface area (Å²) in [7, 11) is -3.77. The van der Waals surface area contributed by atoms with Crippen LogP contribution >= 0.6 is 0 Å². The van der Waals surface area contributed by atoms with E-state index in [0.29, 0.717) is 17.5 Å². The van der Waals surface area contributed by atoms with Crippen molar-refractivity contribution in [3.63, 3.8) is 0 Å². The predicted octanol–water partition coefficient (Wildman–Crippen LogP) is 3.29. The van der Waals surface area contributed by atoms with Gasteiger partial charge in [-0.15, -0.1) is 0 Å². The van der Waals surface area contributed by atoms with Crippen molar-refractivity contribution in [2.24, 2.45) is 10.4 Å². The first kappa shape index (κ1) is 26.7.